The van der Waals surface area contributed by atoms with Gasteiger partial charge in [-0.05, 0) is 11.6 Å². The zero-order valence-electron chi connectivity index (χ0n) is 8.93. The number of Topliss-reactive ketones (excluding diaryl/α,β-unsaturated/α-hetero) is 1. The van der Waals surface area contributed by atoms with Crippen molar-refractivity contribution in [1.82, 2.24) is 9.55 Å². The van der Waals surface area contributed by atoms with Crippen molar-refractivity contribution in [2.45, 2.75) is 6.42 Å². The molecule has 0 unspecified atom stereocenters. The predicted molar refractivity (Wildman–Crippen MR) is 66.0 cm³/mol. The zero-order valence-corrected chi connectivity index (χ0v) is 9.69. The lowest BCUT2D eigenvalue weighted by molar-refractivity contribution is 0.104. The van der Waals surface area contributed by atoms with E-state index in [2.05, 4.69) is 4.98 Å². The molecule has 3 rings (SSSR count). The lowest BCUT2D eigenvalue weighted by Gasteiger charge is -1.97. The SMILES string of the molecule is O=C1C(=Cn2ccnc2)Cc2c(Cl)cccc21. The first-order valence-corrected chi connectivity index (χ1v) is 5.64. The van der Waals surface area contributed by atoms with E-state index in [1.807, 2.05) is 12.1 Å². The van der Waals surface area contributed by atoms with Crippen molar-refractivity contribution in [3.05, 3.63) is 58.6 Å². The minimum Gasteiger partial charge on any atom is -0.313 e. The second-order valence-electron chi connectivity index (χ2n) is 3.94. The number of allylic oxidation sites excluding steroid dienone is 1. The number of ketones is 1. The minimum absolute atomic E-state index is 0.0520. The first-order valence-electron chi connectivity index (χ1n) is 5.26. The second kappa shape index (κ2) is 3.86. The summed E-state index contributed by atoms with van der Waals surface area (Å²) in [5.41, 5.74) is 2.38. The molecule has 0 N–H and O–H groups in total. The van der Waals surface area contributed by atoms with Crippen molar-refractivity contribution in [1.29, 1.82) is 0 Å². The molecule has 0 saturated carbocycles. The largest absolute Gasteiger partial charge is 0.313 e. The number of halogens is 1. The van der Waals surface area contributed by atoms with Crippen LogP contribution in [0.4, 0.5) is 0 Å². The van der Waals surface area contributed by atoms with Gasteiger partial charge in [0, 0.05) is 41.2 Å². The van der Waals surface area contributed by atoms with E-state index in [0.29, 0.717) is 17.0 Å². The number of hydrogen-bond acceptors (Lipinski definition) is 2. The molecule has 17 heavy (non-hydrogen) atoms. The van der Waals surface area contributed by atoms with Crippen molar-refractivity contribution in [2.75, 3.05) is 0 Å². The second-order valence-corrected chi connectivity index (χ2v) is 4.34. The maximum absolute atomic E-state index is 12.1. The van der Waals surface area contributed by atoms with Gasteiger partial charge in [0.05, 0.1) is 6.33 Å². The maximum atomic E-state index is 12.1. The monoisotopic (exact) mass is 244 g/mol. The molecule has 0 saturated heterocycles. The van der Waals surface area contributed by atoms with E-state index < -0.39 is 0 Å². The third-order valence-electron chi connectivity index (χ3n) is 2.85. The molecule has 0 bridgehead atoms. The Hall–Kier alpha value is -1.87. The molecule has 0 spiro atoms. The summed E-state index contributed by atoms with van der Waals surface area (Å²) in [6, 6.07) is 5.44. The molecular weight excluding hydrogens is 236 g/mol. The Balaban J connectivity index is 2.05. The normalized spacial score (nSPS) is 16.5. The fourth-order valence-electron chi connectivity index (χ4n) is 2.02. The quantitative estimate of drug-likeness (QED) is 0.723. The van der Waals surface area contributed by atoms with E-state index in [4.69, 9.17) is 11.6 Å². The molecule has 0 radical (unpaired) electrons. The molecular formula is C13H9ClN2O. The van der Waals surface area contributed by atoms with Crippen molar-refractivity contribution in [2.24, 2.45) is 0 Å². The summed E-state index contributed by atoms with van der Waals surface area (Å²) in [4.78, 5) is 16.1. The van der Waals surface area contributed by atoms with Crippen LogP contribution in [-0.4, -0.2) is 15.3 Å². The summed E-state index contributed by atoms with van der Waals surface area (Å²) in [7, 11) is 0. The Labute approximate surface area is 103 Å². The predicted octanol–water partition coefficient (Wildman–Crippen LogP) is 2.82. The number of rotatable bonds is 1. The number of carbonyl (C=O) groups is 1. The molecule has 84 valence electrons. The van der Waals surface area contributed by atoms with Gasteiger partial charge in [-0.2, -0.15) is 0 Å². The third kappa shape index (κ3) is 1.68. The van der Waals surface area contributed by atoms with Gasteiger partial charge in [-0.25, -0.2) is 4.98 Å². The molecule has 0 fully saturated rings. The highest BCUT2D eigenvalue weighted by Crippen LogP contribution is 2.31. The average molecular weight is 245 g/mol. The van der Waals surface area contributed by atoms with E-state index in [-0.39, 0.29) is 5.78 Å². The van der Waals surface area contributed by atoms with Gasteiger partial charge in [0.2, 0.25) is 0 Å². The third-order valence-corrected chi connectivity index (χ3v) is 3.21. The van der Waals surface area contributed by atoms with Crippen molar-refractivity contribution < 1.29 is 4.79 Å². The van der Waals surface area contributed by atoms with Gasteiger partial charge in [-0.15, -0.1) is 0 Å². The van der Waals surface area contributed by atoms with Crippen LogP contribution in [0.1, 0.15) is 15.9 Å². The molecule has 3 nitrogen and oxygen atoms in total. The standard InChI is InChI=1S/C13H9ClN2O/c14-12-3-1-2-10-11(12)6-9(13(10)17)7-16-5-4-15-8-16/h1-5,7-8H,6H2. The molecule has 1 aromatic carbocycles. The highest BCUT2D eigenvalue weighted by Gasteiger charge is 2.26. The lowest BCUT2D eigenvalue weighted by Crippen LogP contribution is -1.96. The highest BCUT2D eigenvalue weighted by atomic mass is 35.5. The minimum atomic E-state index is 0.0520. The smallest absolute Gasteiger partial charge is 0.191 e. The highest BCUT2D eigenvalue weighted by molar-refractivity contribution is 6.33. The molecule has 0 atom stereocenters. The molecule has 1 aliphatic rings. The van der Waals surface area contributed by atoms with Crippen LogP contribution in [0.5, 0.6) is 0 Å². The Morgan fingerprint density at radius 2 is 2.29 bits per heavy atom. The lowest BCUT2D eigenvalue weighted by atomic mass is 10.1. The van der Waals surface area contributed by atoms with E-state index in [0.717, 1.165) is 11.1 Å². The van der Waals surface area contributed by atoms with Crippen LogP contribution in [0.3, 0.4) is 0 Å². The van der Waals surface area contributed by atoms with Gasteiger partial charge < -0.3 is 4.57 Å². The number of carbonyl (C=O) groups excluding carboxylic acids is 1. The number of benzene rings is 1. The first-order chi connectivity index (χ1) is 8.25. The summed E-state index contributed by atoms with van der Waals surface area (Å²) in [5.74, 6) is 0.0520. The molecule has 0 aliphatic heterocycles. The zero-order chi connectivity index (χ0) is 11.8. The van der Waals surface area contributed by atoms with Crippen LogP contribution in [0, 0.1) is 0 Å². The van der Waals surface area contributed by atoms with Gasteiger partial charge in [-0.1, -0.05) is 23.7 Å². The molecule has 1 aromatic heterocycles. The Bertz CT molecular complexity index is 614. The summed E-state index contributed by atoms with van der Waals surface area (Å²) in [6.07, 6.45) is 7.52. The number of aromatic nitrogens is 2. The molecule has 0 amide bonds. The number of fused-ring (bicyclic) bond motifs is 1. The number of imidazole rings is 1. The van der Waals surface area contributed by atoms with Crippen LogP contribution in [0.2, 0.25) is 5.02 Å². The van der Waals surface area contributed by atoms with E-state index >= 15 is 0 Å². The topological polar surface area (TPSA) is 34.9 Å². The number of nitrogens with zero attached hydrogens (tertiary/aromatic N) is 2. The number of hydrogen-bond donors (Lipinski definition) is 0. The van der Waals surface area contributed by atoms with Gasteiger partial charge in [-0.3, -0.25) is 4.79 Å². The van der Waals surface area contributed by atoms with Crippen LogP contribution >= 0.6 is 11.6 Å². The molecule has 1 heterocycles. The van der Waals surface area contributed by atoms with Crippen molar-refractivity contribution in [3.8, 4) is 0 Å². The van der Waals surface area contributed by atoms with Crippen LogP contribution < -0.4 is 0 Å². The van der Waals surface area contributed by atoms with Crippen molar-refractivity contribution >= 4 is 23.6 Å². The Morgan fingerprint density at radius 1 is 1.41 bits per heavy atom. The maximum Gasteiger partial charge on any atom is 0.191 e. The summed E-state index contributed by atoms with van der Waals surface area (Å²) in [6.45, 7) is 0. The fourth-order valence-corrected chi connectivity index (χ4v) is 2.27. The van der Waals surface area contributed by atoms with E-state index in [9.17, 15) is 4.79 Å². The van der Waals surface area contributed by atoms with E-state index in [1.54, 1.807) is 35.6 Å². The summed E-state index contributed by atoms with van der Waals surface area (Å²) in [5, 5.41) is 0.657. The summed E-state index contributed by atoms with van der Waals surface area (Å²) >= 11 is 6.08. The van der Waals surface area contributed by atoms with Crippen LogP contribution in [0.15, 0.2) is 42.5 Å². The Kier molecular flexibility index (Phi) is 2.34. The van der Waals surface area contributed by atoms with Gasteiger partial charge in [0.1, 0.15) is 0 Å². The van der Waals surface area contributed by atoms with Gasteiger partial charge in [0.25, 0.3) is 0 Å². The summed E-state index contributed by atoms with van der Waals surface area (Å²) < 4.78 is 1.77. The van der Waals surface area contributed by atoms with Crippen LogP contribution in [-0.2, 0) is 6.42 Å². The Morgan fingerprint density at radius 3 is 3.00 bits per heavy atom. The molecule has 1 aliphatic carbocycles. The van der Waals surface area contributed by atoms with Crippen LogP contribution in [0.25, 0.3) is 6.20 Å². The fraction of sp³-hybridized carbons (Fsp3) is 0.0769. The molecule has 2 aromatic rings. The van der Waals surface area contributed by atoms with Crippen molar-refractivity contribution in [3.63, 3.8) is 0 Å². The van der Waals surface area contributed by atoms with Gasteiger partial charge in [0.15, 0.2) is 5.78 Å². The molecule has 4 heteroatoms. The first kappa shape index (κ1) is 10.3. The van der Waals surface area contributed by atoms with E-state index in [1.165, 1.54) is 0 Å². The van der Waals surface area contributed by atoms with Gasteiger partial charge >= 0.3 is 0 Å². The average Bonchev–Trinajstić information content (AvgIpc) is 2.92.